The summed E-state index contributed by atoms with van der Waals surface area (Å²) in [5, 5.41) is 9.28. The van der Waals surface area contributed by atoms with Crippen molar-refractivity contribution in [2.24, 2.45) is 9.98 Å². The molecule has 0 spiro atoms. The monoisotopic (exact) mass is 736 g/mol. The summed E-state index contributed by atoms with van der Waals surface area (Å²) in [5.74, 6) is 1.43. The normalized spacial score (nSPS) is 11.9. The van der Waals surface area contributed by atoms with Gasteiger partial charge in [0.2, 0.25) is 0 Å². The summed E-state index contributed by atoms with van der Waals surface area (Å²) in [6, 6.07) is 69.3. The minimum Gasteiger partial charge on any atom is -0.455 e. The van der Waals surface area contributed by atoms with Crippen molar-refractivity contribution in [1.29, 1.82) is 0 Å². The molecule has 9 aromatic rings. The predicted octanol–water partition coefficient (Wildman–Crippen LogP) is 12.9. The lowest BCUT2D eigenvalue weighted by Crippen LogP contribution is -2.21. The van der Waals surface area contributed by atoms with Crippen molar-refractivity contribution in [1.82, 2.24) is 5.32 Å². The number of anilines is 2. The Bertz CT molecular complexity index is 2880. The molecule has 5 heteroatoms. The molecule has 1 heterocycles. The number of hydrogen-bond donors (Lipinski definition) is 2. The van der Waals surface area contributed by atoms with E-state index in [1.54, 1.807) is 0 Å². The van der Waals surface area contributed by atoms with E-state index in [2.05, 4.69) is 138 Å². The lowest BCUT2D eigenvalue weighted by Gasteiger charge is -2.16. The van der Waals surface area contributed by atoms with Crippen LogP contribution in [0.4, 0.5) is 11.4 Å². The highest BCUT2D eigenvalue weighted by Gasteiger charge is 2.15. The smallest absolute Gasteiger partial charge is 0.157 e. The number of nitrogens with one attached hydrogen (secondary N) is 2. The fourth-order valence-electron chi connectivity index (χ4n) is 7.35. The highest BCUT2D eigenvalue weighted by atomic mass is 16.3. The quantitative estimate of drug-likeness (QED) is 0.115. The molecule has 57 heavy (non-hydrogen) atoms. The number of amidine groups is 2. The van der Waals surface area contributed by atoms with Gasteiger partial charge in [0.25, 0.3) is 0 Å². The lowest BCUT2D eigenvalue weighted by atomic mass is 9.94. The van der Waals surface area contributed by atoms with E-state index in [-0.39, 0.29) is 0 Å². The topological polar surface area (TPSA) is 61.9 Å². The zero-order valence-corrected chi connectivity index (χ0v) is 31.6. The predicted molar refractivity (Wildman–Crippen MR) is 238 cm³/mol. The molecule has 9 rings (SSSR count). The van der Waals surface area contributed by atoms with Crippen LogP contribution in [0.3, 0.4) is 0 Å². The molecule has 0 saturated heterocycles. The number of aliphatic imine (C=N–C) groups is 2. The van der Waals surface area contributed by atoms with Gasteiger partial charge in [0.05, 0.1) is 6.54 Å². The van der Waals surface area contributed by atoms with E-state index in [1.165, 1.54) is 5.56 Å². The first kappa shape index (κ1) is 35.2. The van der Waals surface area contributed by atoms with Gasteiger partial charge in [0, 0.05) is 51.4 Å². The summed E-state index contributed by atoms with van der Waals surface area (Å²) < 4.78 is 6.48. The molecular formula is C52H40N4O. The molecule has 0 fully saturated rings. The Hall–Kier alpha value is -7.50. The minimum atomic E-state index is 0.460. The zero-order chi connectivity index (χ0) is 38.4. The number of benzene rings is 8. The molecule has 0 aliphatic heterocycles. The van der Waals surface area contributed by atoms with Gasteiger partial charge in [-0.05, 0) is 64.2 Å². The van der Waals surface area contributed by atoms with Crippen molar-refractivity contribution in [2.75, 3.05) is 12.4 Å². The van der Waals surface area contributed by atoms with E-state index < -0.39 is 0 Å². The van der Waals surface area contributed by atoms with Gasteiger partial charge < -0.3 is 15.1 Å². The van der Waals surface area contributed by atoms with Gasteiger partial charge in [0.15, 0.2) is 5.84 Å². The Kier molecular flexibility index (Phi) is 9.93. The Morgan fingerprint density at radius 3 is 1.96 bits per heavy atom. The summed E-state index contributed by atoms with van der Waals surface area (Å²) >= 11 is 0. The maximum atomic E-state index is 6.48. The molecule has 8 aromatic carbocycles. The van der Waals surface area contributed by atoms with Crippen molar-refractivity contribution in [3.8, 4) is 33.4 Å². The van der Waals surface area contributed by atoms with Crippen LogP contribution in [0.5, 0.6) is 0 Å². The van der Waals surface area contributed by atoms with Gasteiger partial charge in [-0.25, -0.2) is 4.99 Å². The molecular weight excluding hydrogens is 697 g/mol. The highest BCUT2D eigenvalue weighted by molar-refractivity contribution is 6.12. The van der Waals surface area contributed by atoms with Crippen LogP contribution in [0.2, 0.25) is 0 Å². The maximum Gasteiger partial charge on any atom is 0.157 e. The Morgan fingerprint density at radius 1 is 0.509 bits per heavy atom. The average Bonchev–Trinajstić information content (AvgIpc) is 3.67. The van der Waals surface area contributed by atoms with Crippen molar-refractivity contribution >= 4 is 45.0 Å². The summed E-state index contributed by atoms with van der Waals surface area (Å²) in [4.78, 5) is 10.1. The van der Waals surface area contributed by atoms with Crippen LogP contribution in [0.15, 0.2) is 215 Å². The third-order valence-electron chi connectivity index (χ3n) is 10.2. The van der Waals surface area contributed by atoms with Gasteiger partial charge in [-0.1, -0.05) is 164 Å². The molecule has 0 atom stereocenters. The van der Waals surface area contributed by atoms with Gasteiger partial charge in [-0.2, -0.15) is 0 Å². The summed E-state index contributed by atoms with van der Waals surface area (Å²) in [6.45, 7) is 0.460. The number of furan rings is 1. The SMILES string of the molecule is CNC(=NC(=NCc1cccc(Nc2ccc(-c3cccc4c3oc3ccccc34)cc2-c2cccc(-c3ccccc3)c2)c1)c1ccccc1)c1ccccc1. The number of nitrogens with zero attached hydrogens (tertiary/aromatic N) is 2. The molecule has 0 aliphatic carbocycles. The molecule has 0 unspecified atom stereocenters. The largest absolute Gasteiger partial charge is 0.455 e. The molecule has 0 bridgehead atoms. The van der Waals surface area contributed by atoms with E-state index in [0.29, 0.717) is 12.4 Å². The minimum absolute atomic E-state index is 0.460. The first-order valence-electron chi connectivity index (χ1n) is 19.2. The van der Waals surface area contributed by atoms with E-state index in [0.717, 1.165) is 83.7 Å². The van der Waals surface area contributed by atoms with Crippen molar-refractivity contribution in [3.63, 3.8) is 0 Å². The van der Waals surface area contributed by atoms with Gasteiger partial charge >= 0.3 is 0 Å². The Morgan fingerprint density at radius 2 is 1.16 bits per heavy atom. The van der Waals surface area contributed by atoms with E-state index in [9.17, 15) is 0 Å². The molecule has 0 aliphatic rings. The lowest BCUT2D eigenvalue weighted by molar-refractivity contribution is 0.670. The first-order valence-corrected chi connectivity index (χ1v) is 19.2. The number of hydrogen-bond acceptors (Lipinski definition) is 3. The zero-order valence-electron chi connectivity index (χ0n) is 31.6. The van der Waals surface area contributed by atoms with E-state index >= 15 is 0 Å². The summed E-state index contributed by atoms with van der Waals surface area (Å²) in [7, 11) is 1.89. The molecule has 274 valence electrons. The number of rotatable bonds is 9. The van der Waals surface area contributed by atoms with Crippen molar-refractivity contribution in [3.05, 3.63) is 217 Å². The molecule has 2 N–H and O–H groups in total. The van der Waals surface area contributed by atoms with E-state index in [1.807, 2.05) is 79.8 Å². The molecule has 0 saturated carbocycles. The Balaban J connectivity index is 1.09. The van der Waals surface area contributed by atoms with Crippen molar-refractivity contribution < 1.29 is 4.42 Å². The van der Waals surface area contributed by atoms with Crippen molar-refractivity contribution in [2.45, 2.75) is 6.54 Å². The van der Waals surface area contributed by atoms with Crippen LogP contribution in [-0.4, -0.2) is 18.7 Å². The second kappa shape index (κ2) is 16.1. The molecule has 0 radical (unpaired) electrons. The maximum absolute atomic E-state index is 6.48. The summed E-state index contributed by atoms with van der Waals surface area (Å²) in [6.07, 6.45) is 0. The van der Waals surface area contributed by atoms with Gasteiger partial charge in [0.1, 0.15) is 17.0 Å². The van der Waals surface area contributed by atoms with Gasteiger partial charge in [-0.15, -0.1) is 0 Å². The fraction of sp³-hybridized carbons (Fsp3) is 0.0385. The van der Waals surface area contributed by atoms with Gasteiger partial charge in [-0.3, -0.25) is 4.99 Å². The van der Waals surface area contributed by atoms with Crippen LogP contribution in [0.25, 0.3) is 55.3 Å². The molecule has 0 amide bonds. The van der Waals surface area contributed by atoms with Crippen LogP contribution >= 0.6 is 0 Å². The standard InChI is InChI=1S/C52H40N4O/c1-53-51(38-19-7-3-8-20-38)56-52(39-21-9-4-10-22-39)54-35-36-16-13-25-43(32-36)55-48-31-30-42(44-27-15-28-46-45-26-11-12-29-49(45)57-50(44)46)34-47(48)41-24-14-23-40(33-41)37-17-5-2-6-18-37/h2-34,55H,35H2,1H3,(H,53,54,56). The molecule has 1 aromatic heterocycles. The van der Waals surface area contributed by atoms with E-state index in [4.69, 9.17) is 14.4 Å². The Labute approximate surface area is 332 Å². The third kappa shape index (κ3) is 7.60. The van der Waals surface area contributed by atoms with Crippen LogP contribution < -0.4 is 10.6 Å². The first-order chi connectivity index (χ1) is 28.2. The number of para-hydroxylation sites is 2. The summed E-state index contributed by atoms with van der Waals surface area (Å²) in [5.41, 5.74) is 13.4. The molecule has 5 nitrogen and oxygen atoms in total. The second-order valence-electron chi connectivity index (χ2n) is 13.9. The van der Waals surface area contributed by atoms with Crippen LogP contribution in [-0.2, 0) is 6.54 Å². The van der Waals surface area contributed by atoms with Crippen LogP contribution in [0.1, 0.15) is 16.7 Å². The third-order valence-corrected chi connectivity index (χ3v) is 10.2. The second-order valence-corrected chi connectivity index (χ2v) is 13.9. The number of fused-ring (bicyclic) bond motifs is 3. The average molecular weight is 737 g/mol. The fourth-order valence-corrected chi connectivity index (χ4v) is 7.35. The highest BCUT2D eigenvalue weighted by Crippen LogP contribution is 2.40. The van der Waals surface area contributed by atoms with Crippen LogP contribution in [0, 0.1) is 0 Å².